The number of aryl methyl sites for hydroxylation is 1. The van der Waals surface area contributed by atoms with Crippen LogP contribution in [0.2, 0.25) is 0 Å². The summed E-state index contributed by atoms with van der Waals surface area (Å²) in [6, 6.07) is 6.82. The molecular weight excluding hydrogens is 446 g/mol. The summed E-state index contributed by atoms with van der Waals surface area (Å²) >= 11 is 0. The molecule has 3 rings (SSSR count). The summed E-state index contributed by atoms with van der Waals surface area (Å²) < 4.78 is 5.43. The molecule has 2 heterocycles. The maximum Gasteiger partial charge on any atom is 0.338 e. The number of carbonyl (C=O) groups excluding carboxylic acids is 3. The van der Waals surface area contributed by atoms with E-state index in [1.165, 1.54) is 4.90 Å². The van der Waals surface area contributed by atoms with E-state index in [0.717, 1.165) is 11.1 Å². The van der Waals surface area contributed by atoms with Crippen molar-refractivity contribution in [2.24, 2.45) is 0 Å². The Morgan fingerprint density at radius 1 is 1.23 bits per heavy atom. The third-order valence-electron chi connectivity index (χ3n) is 6.28. The van der Waals surface area contributed by atoms with E-state index in [4.69, 9.17) is 4.74 Å². The van der Waals surface area contributed by atoms with Gasteiger partial charge in [0.2, 0.25) is 0 Å². The van der Waals surface area contributed by atoms with Crippen LogP contribution in [0.4, 0.5) is 9.59 Å². The van der Waals surface area contributed by atoms with Gasteiger partial charge in [0.25, 0.3) is 0 Å². The van der Waals surface area contributed by atoms with E-state index in [0.29, 0.717) is 37.4 Å². The van der Waals surface area contributed by atoms with Crippen LogP contribution in [0.3, 0.4) is 0 Å². The van der Waals surface area contributed by atoms with E-state index < -0.39 is 12.0 Å². The number of benzene rings is 1. The Morgan fingerprint density at radius 2 is 1.94 bits per heavy atom. The predicted octanol–water partition coefficient (Wildman–Crippen LogP) is 3.02. The van der Waals surface area contributed by atoms with Gasteiger partial charge in [-0.2, -0.15) is 0 Å². The van der Waals surface area contributed by atoms with Gasteiger partial charge < -0.3 is 20.3 Å². The Bertz CT molecular complexity index is 1000. The van der Waals surface area contributed by atoms with Gasteiger partial charge in [0, 0.05) is 50.5 Å². The molecule has 0 spiro atoms. The van der Waals surface area contributed by atoms with E-state index in [-0.39, 0.29) is 30.2 Å². The van der Waals surface area contributed by atoms with Gasteiger partial charge >= 0.3 is 18.0 Å². The first kappa shape index (κ1) is 26.5. The van der Waals surface area contributed by atoms with Crippen LogP contribution < -0.4 is 10.6 Å². The van der Waals surface area contributed by atoms with Crippen LogP contribution in [-0.2, 0) is 9.53 Å². The number of likely N-dealkylation sites (N-methyl/N-ethyl adjacent to an activating group) is 1. The number of hydrogen-bond acceptors (Lipinski definition) is 5. The van der Waals surface area contributed by atoms with Crippen molar-refractivity contribution in [3.8, 4) is 0 Å². The van der Waals surface area contributed by atoms with E-state index >= 15 is 0 Å². The molecule has 2 aliphatic heterocycles. The zero-order valence-electron chi connectivity index (χ0n) is 22.0. The van der Waals surface area contributed by atoms with Gasteiger partial charge in [-0.15, -0.1) is 0 Å². The topological polar surface area (TPSA) is 94.2 Å². The third-order valence-corrected chi connectivity index (χ3v) is 6.28. The average molecular weight is 486 g/mol. The summed E-state index contributed by atoms with van der Waals surface area (Å²) in [7, 11) is 1.67. The van der Waals surface area contributed by atoms with Crippen LogP contribution in [0.1, 0.15) is 51.8 Å². The van der Waals surface area contributed by atoms with E-state index in [1.54, 1.807) is 14.0 Å². The van der Waals surface area contributed by atoms with Crippen LogP contribution in [0.5, 0.6) is 0 Å². The summed E-state index contributed by atoms with van der Waals surface area (Å²) in [5.74, 6) is -0.433. The molecule has 2 aliphatic rings. The Kier molecular flexibility index (Phi) is 8.10. The zero-order valence-corrected chi connectivity index (χ0v) is 22.0. The Morgan fingerprint density at radius 3 is 2.54 bits per heavy atom. The van der Waals surface area contributed by atoms with Crippen molar-refractivity contribution in [1.82, 2.24) is 25.3 Å². The van der Waals surface area contributed by atoms with Crippen molar-refractivity contribution in [2.45, 2.75) is 59.2 Å². The van der Waals surface area contributed by atoms with Crippen LogP contribution in [0, 0.1) is 6.92 Å². The molecule has 9 nitrogen and oxygen atoms in total. The molecule has 0 aliphatic carbocycles. The van der Waals surface area contributed by atoms with Crippen LogP contribution in [-0.4, -0.2) is 84.1 Å². The minimum absolute atomic E-state index is 0.0203. The van der Waals surface area contributed by atoms with Crippen molar-refractivity contribution < 1.29 is 19.1 Å². The van der Waals surface area contributed by atoms with E-state index in [1.807, 2.05) is 63.8 Å². The molecule has 0 aromatic heterocycles. The fourth-order valence-electron chi connectivity index (χ4n) is 4.58. The van der Waals surface area contributed by atoms with Gasteiger partial charge in [0.15, 0.2) is 0 Å². The number of piperazine rings is 1. The summed E-state index contributed by atoms with van der Waals surface area (Å²) in [6.45, 7) is 14.1. The number of carbonyl (C=O) groups is 3. The molecular formula is C26H39N5O4. The van der Waals surface area contributed by atoms with Crippen molar-refractivity contribution in [3.05, 3.63) is 46.7 Å². The molecule has 0 saturated carbocycles. The number of hydrogen-bond donors (Lipinski definition) is 2. The number of nitrogens with one attached hydrogen (secondary N) is 2. The van der Waals surface area contributed by atoms with E-state index in [9.17, 15) is 14.4 Å². The van der Waals surface area contributed by atoms with Gasteiger partial charge in [0.1, 0.15) is 0 Å². The third kappa shape index (κ3) is 6.33. The molecule has 1 fully saturated rings. The Balaban J connectivity index is 1.89. The highest BCUT2D eigenvalue weighted by molar-refractivity contribution is 5.95. The Labute approximate surface area is 208 Å². The molecule has 1 saturated heterocycles. The van der Waals surface area contributed by atoms with Gasteiger partial charge in [-0.05, 0) is 47.1 Å². The van der Waals surface area contributed by atoms with Crippen molar-refractivity contribution in [3.63, 3.8) is 0 Å². The maximum atomic E-state index is 13.2. The molecule has 0 radical (unpaired) electrons. The van der Waals surface area contributed by atoms with Crippen molar-refractivity contribution in [1.29, 1.82) is 0 Å². The standard InChI is InChI=1S/C26H39N5O4/c1-8-35-23(32)21-20(29(7)24(33)27-22(21)19-11-9-10-17(2)14-19)16-30-12-13-31(18(3)15-30)25(34)28-26(4,5)6/h9-11,14,18,22H,8,12-13,15-16H2,1-7H3,(H,27,33)(H,28,34)/t18-,22+/m0/s1. The first-order valence-electron chi connectivity index (χ1n) is 12.2. The second kappa shape index (κ2) is 10.7. The zero-order chi connectivity index (χ0) is 25.9. The highest BCUT2D eigenvalue weighted by atomic mass is 16.5. The van der Waals surface area contributed by atoms with Crippen LogP contribution >= 0.6 is 0 Å². The Hall–Kier alpha value is -3.07. The molecule has 2 atom stereocenters. The second-order valence-corrected chi connectivity index (χ2v) is 10.4. The maximum absolute atomic E-state index is 13.2. The number of urea groups is 2. The molecule has 9 heteroatoms. The minimum Gasteiger partial charge on any atom is -0.463 e. The number of ether oxygens (including phenoxy) is 1. The largest absolute Gasteiger partial charge is 0.463 e. The first-order valence-corrected chi connectivity index (χ1v) is 12.2. The highest BCUT2D eigenvalue weighted by Gasteiger charge is 2.38. The molecule has 35 heavy (non-hydrogen) atoms. The first-order chi connectivity index (χ1) is 16.4. The molecule has 1 aromatic rings. The fourth-order valence-corrected chi connectivity index (χ4v) is 4.58. The number of amides is 4. The normalized spacial score (nSPS) is 21.6. The number of rotatable bonds is 5. The molecule has 192 valence electrons. The van der Waals surface area contributed by atoms with Gasteiger partial charge in [0.05, 0.1) is 18.2 Å². The number of nitrogens with zero attached hydrogens (tertiary/aromatic N) is 3. The summed E-state index contributed by atoms with van der Waals surface area (Å²) in [5.41, 5.74) is 2.64. The summed E-state index contributed by atoms with van der Waals surface area (Å²) in [6.07, 6.45) is 0. The SMILES string of the molecule is CCOC(=O)C1=C(CN2CCN(C(=O)NC(C)(C)C)[C@@H](C)C2)N(C)C(=O)N[C@@H]1c1cccc(C)c1. The van der Waals surface area contributed by atoms with Crippen LogP contribution in [0.15, 0.2) is 35.5 Å². The monoisotopic (exact) mass is 485 g/mol. The van der Waals surface area contributed by atoms with Gasteiger partial charge in [-0.1, -0.05) is 29.8 Å². The van der Waals surface area contributed by atoms with E-state index in [2.05, 4.69) is 15.5 Å². The molecule has 1 aromatic carbocycles. The molecule has 0 unspecified atom stereocenters. The molecule has 2 N–H and O–H groups in total. The summed E-state index contributed by atoms with van der Waals surface area (Å²) in [5, 5.41) is 6.00. The highest BCUT2D eigenvalue weighted by Crippen LogP contribution is 2.32. The van der Waals surface area contributed by atoms with Gasteiger partial charge in [-0.25, -0.2) is 14.4 Å². The smallest absolute Gasteiger partial charge is 0.338 e. The lowest BCUT2D eigenvalue weighted by atomic mass is 9.93. The lowest BCUT2D eigenvalue weighted by molar-refractivity contribution is -0.139. The second-order valence-electron chi connectivity index (χ2n) is 10.4. The van der Waals surface area contributed by atoms with Crippen molar-refractivity contribution >= 4 is 18.0 Å². The fraction of sp³-hybridized carbons (Fsp3) is 0.577. The molecule has 0 bridgehead atoms. The van der Waals surface area contributed by atoms with Gasteiger partial charge in [-0.3, -0.25) is 9.80 Å². The predicted molar refractivity (Wildman–Crippen MR) is 135 cm³/mol. The average Bonchev–Trinajstić information content (AvgIpc) is 2.75. The summed E-state index contributed by atoms with van der Waals surface area (Å²) in [4.78, 5) is 44.3. The van der Waals surface area contributed by atoms with Crippen LogP contribution in [0.25, 0.3) is 0 Å². The minimum atomic E-state index is -0.594. The number of esters is 1. The van der Waals surface area contributed by atoms with Crippen molar-refractivity contribution in [2.75, 3.05) is 39.8 Å². The lowest BCUT2D eigenvalue weighted by Gasteiger charge is -2.43. The quantitative estimate of drug-likeness (QED) is 0.626. The molecule has 4 amide bonds. The lowest BCUT2D eigenvalue weighted by Crippen LogP contribution is -2.59.